The fourth-order valence-corrected chi connectivity index (χ4v) is 6.58. The highest BCUT2D eigenvalue weighted by atomic mass is 16.5. The Labute approximate surface area is 322 Å². The van der Waals surface area contributed by atoms with E-state index in [0.717, 1.165) is 71.0 Å². The van der Waals surface area contributed by atoms with Crippen LogP contribution in [0.2, 0.25) is 0 Å². The van der Waals surface area contributed by atoms with Gasteiger partial charge in [-0.2, -0.15) is 0 Å². The number of hydrogen-bond donors (Lipinski definition) is 0. The molecule has 0 N–H and O–H groups in total. The van der Waals surface area contributed by atoms with Crippen molar-refractivity contribution in [2.75, 3.05) is 23.0 Å². The minimum Gasteiger partial charge on any atom is -0.494 e. The molecular formula is C48H56N2O4. The number of aldehydes is 2. The Kier molecular flexibility index (Phi) is 16.2. The zero-order valence-corrected chi connectivity index (χ0v) is 32.1. The Balaban J connectivity index is 1.36. The topological polar surface area (TPSA) is 59.1 Å². The molecule has 5 aromatic carbocycles. The predicted molar refractivity (Wildman–Crippen MR) is 224 cm³/mol. The average Bonchev–Trinajstić information content (AvgIpc) is 3.22. The van der Waals surface area contributed by atoms with E-state index in [1.165, 1.54) is 64.2 Å². The number of anilines is 6. The minimum atomic E-state index is 0.627. The largest absolute Gasteiger partial charge is 0.494 e. The summed E-state index contributed by atoms with van der Waals surface area (Å²) in [6, 6.07) is 40.1. The molecule has 0 atom stereocenters. The zero-order valence-electron chi connectivity index (χ0n) is 32.1. The normalized spacial score (nSPS) is 10.9. The molecule has 6 nitrogen and oxygen atoms in total. The van der Waals surface area contributed by atoms with Gasteiger partial charge in [-0.1, -0.05) is 78.1 Å². The molecule has 0 saturated carbocycles. The number of rotatable bonds is 24. The lowest BCUT2D eigenvalue weighted by Crippen LogP contribution is -2.12. The van der Waals surface area contributed by atoms with Crippen LogP contribution in [-0.2, 0) is 0 Å². The van der Waals surface area contributed by atoms with Crippen LogP contribution < -0.4 is 19.3 Å². The van der Waals surface area contributed by atoms with Gasteiger partial charge >= 0.3 is 0 Å². The molecule has 0 bridgehead atoms. The molecule has 0 aliphatic rings. The third-order valence-electron chi connectivity index (χ3n) is 9.66. The predicted octanol–water partition coefficient (Wildman–Crippen LogP) is 13.7. The standard InChI is InChI=1S/C48H56N2O4/c1-3-5-7-9-11-13-35-53-47-31-27-45(28-32-47)49(41-19-15-39(37-51)16-20-41)43-23-25-44(26-24-43)50(42-21-17-40(38-52)18-22-42)46-29-33-48(34-30-46)54-36-14-12-10-8-6-4-2/h15-34,37-38H,3-14,35-36H2,1-2H3. The number of unbranched alkanes of at least 4 members (excludes halogenated alkanes) is 10. The molecule has 0 fully saturated rings. The van der Waals surface area contributed by atoms with Crippen LogP contribution in [0.3, 0.4) is 0 Å². The van der Waals surface area contributed by atoms with E-state index >= 15 is 0 Å². The lowest BCUT2D eigenvalue weighted by molar-refractivity contribution is 0.111. The van der Waals surface area contributed by atoms with Gasteiger partial charge in [0.15, 0.2) is 0 Å². The van der Waals surface area contributed by atoms with Gasteiger partial charge in [0.25, 0.3) is 0 Å². The fraction of sp³-hybridized carbons (Fsp3) is 0.333. The van der Waals surface area contributed by atoms with Gasteiger partial charge in [-0.25, -0.2) is 0 Å². The van der Waals surface area contributed by atoms with Gasteiger partial charge in [0.05, 0.1) is 13.2 Å². The highest BCUT2D eigenvalue weighted by molar-refractivity contribution is 5.83. The SMILES string of the molecule is CCCCCCCCOc1ccc(N(c2ccc(C=O)cc2)c2ccc(N(c3ccc(C=O)cc3)c3ccc(OCCCCCCCC)cc3)cc2)cc1. The van der Waals surface area contributed by atoms with Crippen LogP contribution in [0.15, 0.2) is 121 Å². The highest BCUT2D eigenvalue weighted by Gasteiger charge is 2.17. The van der Waals surface area contributed by atoms with Crippen molar-refractivity contribution in [2.24, 2.45) is 0 Å². The number of benzene rings is 5. The van der Waals surface area contributed by atoms with Crippen LogP contribution in [0.25, 0.3) is 0 Å². The van der Waals surface area contributed by atoms with Crippen molar-refractivity contribution >= 4 is 46.7 Å². The summed E-state index contributed by atoms with van der Waals surface area (Å²) in [6.07, 6.45) is 16.5. The summed E-state index contributed by atoms with van der Waals surface area (Å²) < 4.78 is 12.2. The molecule has 0 aliphatic heterocycles. The first-order chi connectivity index (χ1) is 26.6. The monoisotopic (exact) mass is 724 g/mol. The number of nitrogens with zero attached hydrogens (tertiary/aromatic N) is 2. The number of ether oxygens (including phenoxy) is 2. The Morgan fingerprint density at radius 3 is 0.926 bits per heavy atom. The van der Waals surface area contributed by atoms with Crippen molar-refractivity contribution < 1.29 is 19.1 Å². The summed E-state index contributed by atoms with van der Waals surface area (Å²) in [5.74, 6) is 1.71. The maximum absolute atomic E-state index is 11.5. The van der Waals surface area contributed by atoms with Crippen LogP contribution in [0.5, 0.6) is 11.5 Å². The average molecular weight is 725 g/mol. The Hall–Kier alpha value is -5.36. The molecule has 54 heavy (non-hydrogen) atoms. The van der Waals surface area contributed by atoms with E-state index in [1.807, 2.05) is 72.8 Å². The molecule has 5 aromatic rings. The van der Waals surface area contributed by atoms with Crippen LogP contribution in [0.1, 0.15) is 112 Å². The molecule has 6 heteroatoms. The van der Waals surface area contributed by atoms with Gasteiger partial charge in [-0.05, 0) is 134 Å². The van der Waals surface area contributed by atoms with Crippen molar-refractivity contribution in [1.29, 1.82) is 0 Å². The first-order valence-electron chi connectivity index (χ1n) is 19.9. The van der Waals surface area contributed by atoms with Crippen molar-refractivity contribution in [3.05, 3.63) is 132 Å². The summed E-state index contributed by atoms with van der Waals surface area (Å²) in [4.78, 5) is 27.3. The van der Waals surface area contributed by atoms with Gasteiger partial charge in [0.1, 0.15) is 24.1 Å². The molecule has 0 radical (unpaired) electrons. The van der Waals surface area contributed by atoms with Gasteiger partial charge < -0.3 is 19.3 Å². The van der Waals surface area contributed by atoms with Crippen molar-refractivity contribution in [3.8, 4) is 11.5 Å². The van der Waals surface area contributed by atoms with Crippen molar-refractivity contribution in [2.45, 2.75) is 90.9 Å². The summed E-state index contributed by atoms with van der Waals surface area (Å²) in [7, 11) is 0. The Bertz CT molecular complexity index is 1670. The molecule has 282 valence electrons. The Morgan fingerprint density at radius 2 is 0.630 bits per heavy atom. The van der Waals surface area contributed by atoms with Crippen molar-refractivity contribution in [1.82, 2.24) is 0 Å². The molecule has 5 rings (SSSR count). The van der Waals surface area contributed by atoms with Gasteiger partial charge in [-0.3, -0.25) is 9.59 Å². The Morgan fingerprint density at radius 1 is 0.370 bits per heavy atom. The molecule has 0 unspecified atom stereocenters. The quantitative estimate of drug-likeness (QED) is 0.0466. The van der Waals surface area contributed by atoms with E-state index < -0.39 is 0 Å². The summed E-state index contributed by atoms with van der Waals surface area (Å²) in [5, 5.41) is 0. The second-order valence-electron chi connectivity index (χ2n) is 13.8. The summed E-state index contributed by atoms with van der Waals surface area (Å²) in [6.45, 7) is 5.91. The zero-order chi connectivity index (χ0) is 37.8. The molecule has 0 heterocycles. The summed E-state index contributed by atoms with van der Waals surface area (Å²) in [5.41, 5.74) is 7.02. The van der Waals surface area contributed by atoms with Crippen molar-refractivity contribution in [3.63, 3.8) is 0 Å². The van der Waals surface area contributed by atoms with Crippen LogP contribution in [0.4, 0.5) is 34.1 Å². The molecule has 0 amide bonds. The minimum absolute atomic E-state index is 0.627. The number of hydrogen-bond acceptors (Lipinski definition) is 6. The molecule has 0 aromatic heterocycles. The highest BCUT2D eigenvalue weighted by Crippen LogP contribution is 2.40. The maximum atomic E-state index is 11.5. The lowest BCUT2D eigenvalue weighted by Gasteiger charge is -2.28. The van der Waals surface area contributed by atoms with E-state index in [0.29, 0.717) is 24.3 Å². The van der Waals surface area contributed by atoms with E-state index in [9.17, 15) is 9.59 Å². The van der Waals surface area contributed by atoms with Crippen LogP contribution >= 0.6 is 0 Å². The molecule has 0 aliphatic carbocycles. The molecular weight excluding hydrogens is 669 g/mol. The van der Waals surface area contributed by atoms with E-state index in [1.54, 1.807) is 0 Å². The number of carbonyl (C=O) groups is 2. The van der Waals surface area contributed by atoms with E-state index in [-0.39, 0.29) is 0 Å². The smallest absolute Gasteiger partial charge is 0.150 e. The van der Waals surface area contributed by atoms with Gasteiger partial charge in [0, 0.05) is 45.3 Å². The van der Waals surface area contributed by atoms with Crippen LogP contribution in [-0.4, -0.2) is 25.8 Å². The molecule has 0 saturated heterocycles. The fourth-order valence-electron chi connectivity index (χ4n) is 6.58. The lowest BCUT2D eigenvalue weighted by atomic mass is 10.1. The van der Waals surface area contributed by atoms with Gasteiger partial charge in [0.2, 0.25) is 0 Å². The van der Waals surface area contributed by atoms with Crippen LogP contribution in [0, 0.1) is 0 Å². The third-order valence-corrected chi connectivity index (χ3v) is 9.66. The van der Waals surface area contributed by atoms with Gasteiger partial charge in [-0.15, -0.1) is 0 Å². The number of carbonyl (C=O) groups excluding carboxylic acids is 2. The summed E-state index contributed by atoms with van der Waals surface area (Å²) >= 11 is 0. The first-order valence-corrected chi connectivity index (χ1v) is 19.9. The van der Waals surface area contributed by atoms with E-state index in [4.69, 9.17) is 9.47 Å². The first kappa shape index (κ1) is 39.8. The third kappa shape index (κ3) is 11.8. The maximum Gasteiger partial charge on any atom is 0.150 e. The van der Waals surface area contributed by atoms with E-state index in [2.05, 4.69) is 72.2 Å². The molecule has 0 spiro atoms. The second kappa shape index (κ2) is 22.0. The second-order valence-corrected chi connectivity index (χ2v) is 13.8.